The summed E-state index contributed by atoms with van der Waals surface area (Å²) >= 11 is 0. The first-order valence-corrected chi connectivity index (χ1v) is 14.1. The van der Waals surface area contributed by atoms with Crippen molar-refractivity contribution in [3.05, 3.63) is 71.7 Å². The van der Waals surface area contributed by atoms with Crippen LogP contribution < -0.4 is 16.4 Å². The highest BCUT2D eigenvalue weighted by Gasteiger charge is 2.55. The van der Waals surface area contributed by atoms with Crippen LogP contribution in [0.25, 0.3) is 10.9 Å². The molecule has 1 aliphatic carbocycles. The summed E-state index contributed by atoms with van der Waals surface area (Å²) in [6.07, 6.45) is 5.40. The fourth-order valence-corrected chi connectivity index (χ4v) is 6.08. The maximum atomic E-state index is 13.7. The summed E-state index contributed by atoms with van der Waals surface area (Å²) in [5, 5.41) is 6.65. The number of nitrogens with zero attached hydrogens (tertiary/aromatic N) is 1. The molecule has 5 rings (SSSR count). The number of nitrogens with one attached hydrogen (secondary N) is 3. The third-order valence-corrected chi connectivity index (χ3v) is 8.43. The van der Waals surface area contributed by atoms with Crippen LogP contribution in [0, 0.1) is 5.82 Å². The molecule has 0 spiro atoms. The average molecular weight is 552 g/mol. The van der Waals surface area contributed by atoms with E-state index < -0.39 is 17.6 Å². The van der Waals surface area contributed by atoms with E-state index in [1.807, 2.05) is 17.2 Å². The summed E-state index contributed by atoms with van der Waals surface area (Å²) in [4.78, 5) is 31.0. The van der Waals surface area contributed by atoms with Crippen LogP contribution in [0.1, 0.15) is 50.2 Å². The molecule has 40 heavy (non-hydrogen) atoms. The Morgan fingerprint density at radius 1 is 1.23 bits per heavy atom. The minimum absolute atomic E-state index is 0.0285. The number of hydrogen-bond donors (Lipinski definition) is 4. The zero-order valence-electron chi connectivity index (χ0n) is 23.9. The molecule has 2 amide bonds. The maximum absolute atomic E-state index is 13.7. The van der Waals surface area contributed by atoms with Gasteiger partial charge in [0.25, 0.3) is 0 Å². The van der Waals surface area contributed by atoms with Gasteiger partial charge in [0.1, 0.15) is 11.9 Å². The van der Waals surface area contributed by atoms with Crippen LogP contribution in [0.2, 0.25) is 0 Å². The zero-order valence-corrected chi connectivity index (χ0v) is 23.9. The number of likely N-dealkylation sites (tertiary alicyclic amines) is 1. The van der Waals surface area contributed by atoms with Gasteiger partial charge in [-0.25, -0.2) is 4.39 Å². The molecule has 3 aromatic rings. The van der Waals surface area contributed by atoms with Gasteiger partial charge in [0, 0.05) is 42.2 Å². The number of benzene rings is 2. The molecule has 5 atom stereocenters. The van der Waals surface area contributed by atoms with Crippen molar-refractivity contribution in [1.29, 1.82) is 0 Å². The van der Waals surface area contributed by atoms with E-state index in [0.29, 0.717) is 13.0 Å². The number of carbonyl (C=O) groups is 2. The second kappa shape index (κ2) is 12.9. The molecule has 0 radical (unpaired) electrons. The first-order chi connectivity index (χ1) is 19.2. The van der Waals surface area contributed by atoms with E-state index in [2.05, 4.69) is 46.8 Å². The number of fused-ring (bicyclic) bond motifs is 2. The van der Waals surface area contributed by atoms with Crippen molar-refractivity contribution in [2.45, 2.75) is 69.1 Å². The summed E-state index contributed by atoms with van der Waals surface area (Å²) in [7, 11) is 3.20. The molecule has 9 heteroatoms. The molecule has 2 heterocycles. The van der Waals surface area contributed by atoms with Gasteiger partial charge in [-0.15, -0.1) is 0 Å². The first-order valence-electron chi connectivity index (χ1n) is 14.1. The lowest BCUT2D eigenvalue weighted by molar-refractivity contribution is -0.139. The van der Waals surface area contributed by atoms with Gasteiger partial charge in [-0.2, -0.15) is 0 Å². The number of H-pyrrole nitrogens is 1. The molecule has 1 saturated heterocycles. The van der Waals surface area contributed by atoms with Crippen molar-refractivity contribution in [2.24, 2.45) is 5.73 Å². The maximum Gasteiger partial charge on any atom is 0.247 e. The minimum Gasteiger partial charge on any atom is -0.382 e. The van der Waals surface area contributed by atoms with Crippen molar-refractivity contribution in [3.63, 3.8) is 0 Å². The molecular formula is C31H42FN5O3. The Morgan fingerprint density at radius 3 is 2.62 bits per heavy atom. The van der Waals surface area contributed by atoms with E-state index in [4.69, 9.17) is 10.5 Å². The lowest BCUT2D eigenvalue weighted by atomic mass is 9.87. The predicted octanol–water partition coefficient (Wildman–Crippen LogP) is 3.47. The van der Waals surface area contributed by atoms with Crippen LogP contribution in [0.3, 0.4) is 0 Å². The van der Waals surface area contributed by atoms with E-state index in [-0.39, 0.29) is 36.2 Å². The Kier molecular flexibility index (Phi) is 9.60. The SMILES string of the molecule is CCc1ccccc1.CN[C@@H](C)C(=O)NC(COC)C(=O)N1CC[C@@]2(N)CC[C@H](c3c[nH]c4cc(F)ccc34)[C@@H]12. The van der Waals surface area contributed by atoms with Crippen LogP contribution >= 0.6 is 0 Å². The molecule has 8 nitrogen and oxygen atoms in total. The highest BCUT2D eigenvalue weighted by molar-refractivity contribution is 5.90. The molecule has 1 aliphatic heterocycles. The number of carbonyl (C=O) groups excluding carboxylic acids is 2. The van der Waals surface area contributed by atoms with Crippen molar-refractivity contribution in [3.8, 4) is 0 Å². The number of aryl methyl sites for hydroxylation is 1. The Labute approximate surface area is 235 Å². The zero-order chi connectivity index (χ0) is 28.9. The van der Waals surface area contributed by atoms with Crippen LogP contribution in [0.15, 0.2) is 54.7 Å². The standard InChI is InChI=1S/C23H32FN5O3.C8H10/c1-13(26-2)21(30)28-19(12-32-3)22(31)29-9-8-23(25)7-6-16(20(23)29)17-11-27-18-10-14(24)4-5-15(17)18;1-2-8-6-4-3-5-7-8/h4-5,10-11,13,16,19-20,26-27H,6-9,12,25H2,1-3H3,(H,28,30);3-7H,2H2,1H3/t13-,16+,19?,20+,23-;/m0./s1. The summed E-state index contributed by atoms with van der Waals surface area (Å²) in [5.74, 6) is -0.709. The molecule has 2 aliphatic rings. The van der Waals surface area contributed by atoms with Gasteiger partial charge >= 0.3 is 0 Å². The molecule has 5 N–H and O–H groups in total. The third kappa shape index (κ3) is 6.22. The number of rotatable bonds is 8. The fraction of sp³-hybridized carbons (Fsp3) is 0.484. The van der Waals surface area contributed by atoms with Gasteiger partial charge < -0.3 is 31.0 Å². The highest BCUT2D eigenvalue weighted by atomic mass is 19.1. The van der Waals surface area contributed by atoms with Gasteiger partial charge in [-0.1, -0.05) is 37.3 Å². The predicted molar refractivity (Wildman–Crippen MR) is 155 cm³/mol. The summed E-state index contributed by atoms with van der Waals surface area (Å²) in [6, 6.07) is 13.8. The molecule has 216 valence electrons. The quantitative estimate of drug-likeness (QED) is 0.343. The van der Waals surface area contributed by atoms with Gasteiger partial charge in [-0.05, 0) is 69.0 Å². The number of likely N-dealkylation sites (N-methyl/N-ethyl adjacent to an activating group) is 1. The molecule has 1 unspecified atom stereocenters. The second-order valence-electron chi connectivity index (χ2n) is 10.9. The molecule has 1 aromatic heterocycles. The van der Waals surface area contributed by atoms with Crippen LogP contribution in [0.5, 0.6) is 0 Å². The number of amides is 2. The topological polar surface area (TPSA) is 112 Å². The number of methoxy groups -OCH3 is 1. The summed E-state index contributed by atoms with van der Waals surface area (Å²) < 4.78 is 18.9. The molecule has 0 bridgehead atoms. The van der Waals surface area contributed by atoms with Crippen molar-refractivity contribution >= 4 is 22.7 Å². The fourth-order valence-electron chi connectivity index (χ4n) is 6.08. The smallest absolute Gasteiger partial charge is 0.247 e. The molecule has 1 saturated carbocycles. The van der Waals surface area contributed by atoms with E-state index >= 15 is 0 Å². The third-order valence-electron chi connectivity index (χ3n) is 8.43. The Morgan fingerprint density at radius 2 is 1.98 bits per heavy atom. The van der Waals surface area contributed by atoms with Gasteiger partial charge in [0.2, 0.25) is 11.8 Å². The lowest BCUT2D eigenvalue weighted by Gasteiger charge is -2.35. The van der Waals surface area contributed by atoms with Gasteiger partial charge in [-0.3, -0.25) is 9.59 Å². The van der Waals surface area contributed by atoms with Crippen molar-refractivity contribution in [2.75, 3.05) is 27.3 Å². The Hall–Kier alpha value is -3.27. The average Bonchev–Trinajstić information content (AvgIpc) is 3.63. The van der Waals surface area contributed by atoms with E-state index in [1.54, 1.807) is 20.0 Å². The number of ether oxygens (including phenoxy) is 1. The highest BCUT2D eigenvalue weighted by Crippen LogP contribution is 2.49. The number of aromatic nitrogens is 1. The second-order valence-corrected chi connectivity index (χ2v) is 10.9. The first kappa shape index (κ1) is 29.7. The monoisotopic (exact) mass is 551 g/mol. The van der Waals surface area contributed by atoms with Crippen LogP contribution in [-0.2, 0) is 20.7 Å². The van der Waals surface area contributed by atoms with Gasteiger partial charge in [0.15, 0.2) is 0 Å². The largest absolute Gasteiger partial charge is 0.382 e. The molecular weight excluding hydrogens is 509 g/mol. The summed E-state index contributed by atoms with van der Waals surface area (Å²) in [6.45, 7) is 4.51. The van der Waals surface area contributed by atoms with E-state index in [1.165, 1.54) is 24.8 Å². The van der Waals surface area contributed by atoms with Crippen molar-refractivity contribution < 1.29 is 18.7 Å². The Bertz CT molecular complexity index is 1300. The molecule has 2 fully saturated rings. The van der Waals surface area contributed by atoms with Crippen LogP contribution in [-0.4, -0.2) is 72.7 Å². The number of halogens is 1. The lowest BCUT2D eigenvalue weighted by Crippen LogP contribution is -2.58. The normalized spacial score (nSPS) is 23.3. The van der Waals surface area contributed by atoms with Gasteiger partial charge in [0.05, 0.1) is 18.7 Å². The van der Waals surface area contributed by atoms with E-state index in [9.17, 15) is 14.0 Å². The number of hydrogen-bond acceptors (Lipinski definition) is 5. The van der Waals surface area contributed by atoms with E-state index in [0.717, 1.165) is 35.7 Å². The minimum atomic E-state index is -0.788. The number of nitrogens with two attached hydrogens (primary N) is 1. The number of aromatic amines is 1. The Balaban J connectivity index is 0.000000398. The van der Waals surface area contributed by atoms with Crippen molar-refractivity contribution in [1.82, 2.24) is 20.5 Å². The summed E-state index contributed by atoms with van der Waals surface area (Å²) in [5.41, 5.74) is 9.52. The molecule has 2 aromatic carbocycles. The van der Waals surface area contributed by atoms with Crippen LogP contribution in [0.4, 0.5) is 4.39 Å².